The molecule has 30 heavy (non-hydrogen) atoms. The predicted octanol–water partition coefficient (Wildman–Crippen LogP) is 2.50. The molecule has 0 bridgehead atoms. The first-order valence-electron chi connectivity index (χ1n) is 10.4. The molecule has 0 aromatic heterocycles. The second-order valence-corrected chi connectivity index (χ2v) is 9.41. The molecule has 2 unspecified atom stereocenters. The van der Waals surface area contributed by atoms with Crippen LogP contribution in [-0.2, 0) is 9.53 Å². The molecule has 2 amide bonds. The third-order valence-corrected chi connectivity index (χ3v) is 6.19. The van der Waals surface area contributed by atoms with E-state index in [2.05, 4.69) is 4.90 Å². The quantitative estimate of drug-likeness (QED) is 0.555. The number of nitro groups is 1. The summed E-state index contributed by atoms with van der Waals surface area (Å²) in [6, 6.07) is 6.44. The van der Waals surface area contributed by atoms with E-state index in [1.54, 1.807) is 21.9 Å². The van der Waals surface area contributed by atoms with Crippen molar-refractivity contribution in [2.24, 2.45) is 11.8 Å². The summed E-state index contributed by atoms with van der Waals surface area (Å²) in [5, 5.41) is 10.9. The van der Waals surface area contributed by atoms with Gasteiger partial charge in [-0.2, -0.15) is 0 Å². The summed E-state index contributed by atoms with van der Waals surface area (Å²) in [6.07, 6.45) is 0.651. The van der Waals surface area contributed by atoms with Crippen molar-refractivity contribution in [3.63, 3.8) is 0 Å². The number of nitrogens with zero attached hydrogens (tertiary/aromatic N) is 4. The van der Waals surface area contributed by atoms with Crippen LogP contribution >= 0.6 is 0 Å². The molecular formula is C21H28N4O5. The van der Waals surface area contributed by atoms with Gasteiger partial charge in [-0.25, -0.2) is 4.79 Å². The zero-order valence-electron chi connectivity index (χ0n) is 17.6. The van der Waals surface area contributed by atoms with Crippen molar-refractivity contribution in [3.8, 4) is 0 Å². The Hall–Kier alpha value is -2.68. The maximum atomic E-state index is 13.0. The average Bonchev–Trinajstić information content (AvgIpc) is 2.95. The highest BCUT2D eigenvalue weighted by Gasteiger charge is 2.47. The Morgan fingerprint density at radius 1 is 1.13 bits per heavy atom. The van der Waals surface area contributed by atoms with Crippen LogP contribution in [0.15, 0.2) is 24.3 Å². The van der Waals surface area contributed by atoms with Crippen LogP contribution in [-0.4, -0.2) is 71.1 Å². The molecule has 1 aromatic carbocycles. The minimum atomic E-state index is -0.502. The molecule has 1 aromatic rings. The number of non-ortho nitro benzene ring substituents is 1. The van der Waals surface area contributed by atoms with Gasteiger partial charge in [-0.05, 0) is 51.8 Å². The Labute approximate surface area is 175 Å². The molecule has 162 valence electrons. The van der Waals surface area contributed by atoms with E-state index < -0.39 is 10.5 Å². The lowest BCUT2D eigenvalue weighted by Gasteiger charge is -2.48. The second-order valence-electron chi connectivity index (χ2n) is 9.41. The third kappa shape index (κ3) is 3.98. The van der Waals surface area contributed by atoms with Crippen LogP contribution < -0.4 is 4.90 Å². The van der Waals surface area contributed by atoms with E-state index >= 15 is 0 Å². The normalized spacial score (nSPS) is 25.1. The van der Waals surface area contributed by atoms with Gasteiger partial charge in [0.2, 0.25) is 5.91 Å². The van der Waals surface area contributed by atoms with E-state index in [1.165, 1.54) is 12.1 Å². The number of hydrogen-bond donors (Lipinski definition) is 0. The molecule has 3 heterocycles. The minimum Gasteiger partial charge on any atom is -0.444 e. The van der Waals surface area contributed by atoms with Gasteiger partial charge in [-0.15, -0.1) is 0 Å². The van der Waals surface area contributed by atoms with E-state index in [9.17, 15) is 19.7 Å². The Morgan fingerprint density at radius 2 is 1.80 bits per heavy atom. The summed E-state index contributed by atoms with van der Waals surface area (Å²) in [4.78, 5) is 41.4. The lowest BCUT2D eigenvalue weighted by Crippen LogP contribution is -2.63. The molecule has 9 nitrogen and oxygen atoms in total. The molecule has 9 heteroatoms. The van der Waals surface area contributed by atoms with Gasteiger partial charge in [-0.1, -0.05) is 0 Å². The first-order valence-corrected chi connectivity index (χ1v) is 10.4. The Kier molecular flexibility index (Phi) is 5.17. The number of hydrogen-bond acceptors (Lipinski definition) is 6. The largest absolute Gasteiger partial charge is 0.444 e. The van der Waals surface area contributed by atoms with Crippen molar-refractivity contribution < 1.29 is 19.2 Å². The SMILES string of the molecule is CC(C)(C)OC(=O)N1CC(N2CCC3CN(c4ccc([N+](=O)[O-])cc4)C(=O)C3C2)C1. The van der Waals surface area contributed by atoms with Gasteiger partial charge < -0.3 is 14.5 Å². The fraction of sp³-hybridized carbons (Fsp3) is 0.619. The predicted molar refractivity (Wildman–Crippen MR) is 110 cm³/mol. The molecule has 3 saturated heterocycles. The lowest BCUT2D eigenvalue weighted by molar-refractivity contribution is -0.384. The van der Waals surface area contributed by atoms with Crippen LogP contribution in [0, 0.1) is 22.0 Å². The van der Waals surface area contributed by atoms with Crippen molar-refractivity contribution >= 4 is 23.4 Å². The number of amides is 2. The van der Waals surface area contributed by atoms with Crippen LogP contribution in [0.5, 0.6) is 0 Å². The fourth-order valence-electron chi connectivity index (χ4n) is 4.53. The number of fused-ring (bicyclic) bond motifs is 1. The Bertz CT molecular complexity index is 844. The number of carbonyl (C=O) groups excluding carboxylic acids is 2. The molecule has 0 aliphatic carbocycles. The van der Waals surface area contributed by atoms with E-state index in [4.69, 9.17) is 4.74 Å². The van der Waals surface area contributed by atoms with Crippen LogP contribution in [0.4, 0.5) is 16.2 Å². The van der Waals surface area contributed by atoms with E-state index in [0.29, 0.717) is 37.8 Å². The molecule has 0 spiro atoms. The highest BCUT2D eigenvalue weighted by Crippen LogP contribution is 2.37. The molecule has 0 saturated carbocycles. The average molecular weight is 416 g/mol. The zero-order chi connectivity index (χ0) is 21.6. The second kappa shape index (κ2) is 7.54. The smallest absolute Gasteiger partial charge is 0.410 e. The van der Waals surface area contributed by atoms with E-state index in [1.807, 2.05) is 20.8 Å². The fourth-order valence-corrected chi connectivity index (χ4v) is 4.53. The van der Waals surface area contributed by atoms with E-state index in [-0.39, 0.29) is 29.6 Å². The van der Waals surface area contributed by atoms with Crippen molar-refractivity contribution in [2.75, 3.05) is 37.6 Å². The number of nitro benzene ring substituents is 1. The summed E-state index contributed by atoms with van der Waals surface area (Å²) in [5.74, 6) is 0.317. The van der Waals surface area contributed by atoms with Crippen LogP contribution in [0.3, 0.4) is 0 Å². The molecular weight excluding hydrogens is 388 g/mol. The van der Waals surface area contributed by atoms with E-state index in [0.717, 1.165) is 13.0 Å². The summed E-state index contributed by atoms with van der Waals surface area (Å²) in [7, 11) is 0. The number of piperidine rings is 1. The first kappa shape index (κ1) is 20.6. The molecule has 3 aliphatic heterocycles. The van der Waals surface area contributed by atoms with Crippen LogP contribution in [0.2, 0.25) is 0 Å². The molecule has 0 N–H and O–H groups in total. The van der Waals surface area contributed by atoms with Gasteiger partial charge >= 0.3 is 6.09 Å². The summed E-state index contributed by atoms with van der Waals surface area (Å²) >= 11 is 0. The molecule has 0 radical (unpaired) electrons. The van der Waals surface area contributed by atoms with Crippen molar-refractivity contribution in [2.45, 2.75) is 38.8 Å². The van der Waals surface area contributed by atoms with Gasteiger partial charge in [0, 0.05) is 50.0 Å². The number of ether oxygens (including phenoxy) is 1. The van der Waals surface area contributed by atoms with Gasteiger partial charge in [0.15, 0.2) is 0 Å². The van der Waals surface area contributed by atoms with Crippen LogP contribution in [0.25, 0.3) is 0 Å². The number of benzene rings is 1. The highest BCUT2D eigenvalue weighted by atomic mass is 16.6. The monoisotopic (exact) mass is 416 g/mol. The van der Waals surface area contributed by atoms with Crippen LogP contribution in [0.1, 0.15) is 27.2 Å². The van der Waals surface area contributed by atoms with Crippen molar-refractivity contribution in [3.05, 3.63) is 34.4 Å². The summed E-state index contributed by atoms with van der Waals surface area (Å²) in [6.45, 7) is 9.10. The molecule has 3 aliphatic rings. The number of carbonyl (C=O) groups is 2. The number of anilines is 1. The topological polar surface area (TPSA) is 96.2 Å². The lowest BCUT2D eigenvalue weighted by atomic mass is 9.87. The maximum Gasteiger partial charge on any atom is 0.410 e. The summed E-state index contributed by atoms with van der Waals surface area (Å²) in [5.41, 5.74) is 0.234. The standard InChI is InChI=1S/C21H28N4O5/c1-21(2,3)30-20(27)23-11-17(12-23)22-9-8-14-10-24(19(26)18(14)13-22)15-4-6-16(7-5-15)25(28)29/h4-7,14,17-18H,8-13H2,1-3H3. The number of likely N-dealkylation sites (tertiary alicyclic amines) is 2. The third-order valence-electron chi connectivity index (χ3n) is 6.19. The minimum absolute atomic E-state index is 0.0218. The van der Waals surface area contributed by atoms with Gasteiger partial charge in [-0.3, -0.25) is 19.8 Å². The van der Waals surface area contributed by atoms with Crippen molar-refractivity contribution in [1.82, 2.24) is 9.80 Å². The Balaban J connectivity index is 1.34. The number of rotatable bonds is 3. The molecule has 2 atom stereocenters. The molecule has 3 fully saturated rings. The van der Waals surface area contributed by atoms with Gasteiger partial charge in [0.1, 0.15) is 5.60 Å². The highest BCUT2D eigenvalue weighted by molar-refractivity contribution is 5.98. The Morgan fingerprint density at radius 3 is 2.40 bits per heavy atom. The summed E-state index contributed by atoms with van der Waals surface area (Å²) < 4.78 is 5.42. The van der Waals surface area contributed by atoms with Gasteiger partial charge in [0.05, 0.1) is 10.8 Å². The first-order chi connectivity index (χ1) is 14.1. The van der Waals surface area contributed by atoms with Crippen molar-refractivity contribution in [1.29, 1.82) is 0 Å². The molecule has 4 rings (SSSR count). The zero-order valence-corrected chi connectivity index (χ0v) is 17.6. The maximum absolute atomic E-state index is 13.0. The van der Waals surface area contributed by atoms with Gasteiger partial charge in [0.25, 0.3) is 5.69 Å².